The second-order valence-corrected chi connectivity index (χ2v) is 5.66. The van der Waals surface area contributed by atoms with Gasteiger partial charge in [-0.3, -0.25) is 4.79 Å². The van der Waals surface area contributed by atoms with Crippen molar-refractivity contribution in [3.63, 3.8) is 0 Å². The maximum Gasteiger partial charge on any atom is 0.348 e. The van der Waals surface area contributed by atoms with Crippen LogP contribution in [0, 0.1) is 0 Å². The summed E-state index contributed by atoms with van der Waals surface area (Å²) in [6.07, 6.45) is 0.794. The molecular weight excluding hydrogens is 244 g/mol. The molecule has 0 saturated carbocycles. The molecule has 0 atom stereocenters. The number of ether oxygens (including phenoxy) is 1. The van der Waals surface area contributed by atoms with Crippen molar-refractivity contribution in [3.05, 3.63) is 21.4 Å². The molecule has 0 unspecified atom stereocenters. The molecule has 16 heavy (non-hydrogen) atoms. The van der Waals surface area contributed by atoms with E-state index in [4.69, 9.17) is 4.74 Å². The molecule has 2 heterocycles. The van der Waals surface area contributed by atoms with Crippen LogP contribution in [-0.4, -0.2) is 30.4 Å². The van der Waals surface area contributed by atoms with Crippen LogP contribution < -0.4 is 0 Å². The molecule has 1 aliphatic rings. The number of esters is 1. The summed E-state index contributed by atoms with van der Waals surface area (Å²) in [5, 5.41) is 0. The summed E-state index contributed by atoms with van der Waals surface area (Å²) in [4.78, 5) is 23.7. The maximum atomic E-state index is 11.7. The summed E-state index contributed by atoms with van der Waals surface area (Å²) in [5.74, 6) is 2.17. The Kier molecular flexibility index (Phi) is 3.66. The van der Waals surface area contributed by atoms with Gasteiger partial charge in [0.2, 0.25) is 0 Å². The Morgan fingerprint density at radius 2 is 2.38 bits per heavy atom. The number of thioether (sulfide) groups is 1. The first-order chi connectivity index (χ1) is 7.76. The second-order valence-electron chi connectivity index (χ2n) is 3.51. The molecule has 5 heteroatoms. The zero-order valence-corrected chi connectivity index (χ0v) is 10.5. The fourth-order valence-corrected chi connectivity index (χ4v) is 3.34. The summed E-state index contributed by atoms with van der Waals surface area (Å²) in [5.41, 5.74) is 0.990. The zero-order chi connectivity index (χ0) is 11.5. The number of hydrogen-bond acceptors (Lipinski definition) is 5. The quantitative estimate of drug-likeness (QED) is 0.613. The number of thiophene rings is 1. The molecule has 1 fully saturated rings. The summed E-state index contributed by atoms with van der Waals surface area (Å²) in [6, 6.07) is 1.83. The van der Waals surface area contributed by atoms with Gasteiger partial charge in [0.1, 0.15) is 4.88 Å². The molecule has 0 aromatic carbocycles. The van der Waals surface area contributed by atoms with Crippen molar-refractivity contribution in [3.8, 4) is 0 Å². The minimum Gasteiger partial charge on any atom is -0.462 e. The van der Waals surface area contributed by atoms with Gasteiger partial charge in [-0.25, -0.2) is 4.79 Å². The highest BCUT2D eigenvalue weighted by Gasteiger charge is 2.28. The third-order valence-corrected chi connectivity index (χ3v) is 4.77. The number of hydrogen-bond donors (Lipinski definition) is 0. The highest BCUT2D eigenvalue weighted by molar-refractivity contribution is 8.00. The minimum absolute atomic E-state index is 0.299. The highest BCUT2D eigenvalue weighted by Crippen LogP contribution is 2.38. The highest BCUT2D eigenvalue weighted by atomic mass is 32.2. The van der Waals surface area contributed by atoms with E-state index in [1.54, 1.807) is 6.92 Å². The van der Waals surface area contributed by atoms with Gasteiger partial charge >= 0.3 is 5.97 Å². The van der Waals surface area contributed by atoms with Crippen LogP contribution in [0.4, 0.5) is 0 Å². The lowest BCUT2D eigenvalue weighted by Crippen LogP contribution is -2.18. The third kappa shape index (κ3) is 2.15. The van der Waals surface area contributed by atoms with Gasteiger partial charge in [0.05, 0.1) is 11.5 Å². The molecule has 1 saturated heterocycles. The van der Waals surface area contributed by atoms with E-state index in [0.717, 1.165) is 23.4 Å². The summed E-state index contributed by atoms with van der Waals surface area (Å²) < 4.78 is 4.99. The first-order valence-corrected chi connectivity index (χ1v) is 7.07. The van der Waals surface area contributed by atoms with Crippen LogP contribution in [0.15, 0.2) is 6.07 Å². The molecule has 0 radical (unpaired) electrons. The number of carbonyl (C=O) groups excluding carboxylic acids is 2. The van der Waals surface area contributed by atoms with E-state index in [-0.39, 0.29) is 5.97 Å². The van der Waals surface area contributed by atoms with Crippen LogP contribution in [0.1, 0.15) is 37.7 Å². The molecule has 0 N–H and O–H groups in total. The van der Waals surface area contributed by atoms with Crippen LogP contribution in [-0.2, 0) is 4.74 Å². The minimum atomic E-state index is -0.299. The number of rotatable bonds is 4. The molecule has 0 spiro atoms. The summed E-state index contributed by atoms with van der Waals surface area (Å²) in [6.45, 7) is 2.15. The molecule has 86 valence electrons. The van der Waals surface area contributed by atoms with E-state index in [1.165, 1.54) is 11.3 Å². The molecule has 1 aromatic heterocycles. The Morgan fingerprint density at radius 3 is 2.88 bits per heavy atom. The standard InChI is InChI=1S/C11H12O3S2/c1-2-14-11(13)10-9(7-5-15-6-7)3-8(4-12)16-10/h3-4,7H,2,5-6H2,1H3. The van der Waals surface area contributed by atoms with Crippen LogP contribution in [0.3, 0.4) is 0 Å². The lowest BCUT2D eigenvalue weighted by Gasteiger charge is -2.24. The van der Waals surface area contributed by atoms with E-state index in [9.17, 15) is 9.59 Å². The van der Waals surface area contributed by atoms with Gasteiger partial charge in [0.25, 0.3) is 0 Å². The largest absolute Gasteiger partial charge is 0.462 e. The molecule has 2 rings (SSSR count). The van der Waals surface area contributed by atoms with Gasteiger partial charge in [-0.05, 0) is 18.6 Å². The molecule has 0 amide bonds. The van der Waals surface area contributed by atoms with Crippen LogP contribution in [0.2, 0.25) is 0 Å². The molecular formula is C11H12O3S2. The Balaban J connectivity index is 2.29. The van der Waals surface area contributed by atoms with Crippen molar-refractivity contribution in [2.45, 2.75) is 12.8 Å². The van der Waals surface area contributed by atoms with Gasteiger partial charge < -0.3 is 4.74 Å². The summed E-state index contributed by atoms with van der Waals surface area (Å²) >= 11 is 3.09. The van der Waals surface area contributed by atoms with E-state index >= 15 is 0 Å². The van der Waals surface area contributed by atoms with Crippen molar-refractivity contribution in [2.24, 2.45) is 0 Å². The zero-order valence-electron chi connectivity index (χ0n) is 8.89. The first kappa shape index (κ1) is 11.7. The van der Waals surface area contributed by atoms with Crippen molar-refractivity contribution < 1.29 is 14.3 Å². The smallest absolute Gasteiger partial charge is 0.348 e. The van der Waals surface area contributed by atoms with E-state index in [2.05, 4.69) is 0 Å². The molecule has 1 aliphatic heterocycles. The van der Waals surface area contributed by atoms with E-state index in [0.29, 0.717) is 22.3 Å². The van der Waals surface area contributed by atoms with Gasteiger partial charge in [0.15, 0.2) is 6.29 Å². The van der Waals surface area contributed by atoms with E-state index < -0.39 is 0 Å². The fourth-order valence-electron chi connectivity index (χ4n) is 1.56. The van der Waals surface area contributed by atoms with Crippen molar-refractivity contribution in [1.82, 2.24) is 0 Å². The van der Waals surface area contributed by atoms with Gasteiger partial charge in [0, 0.05) is 17.4 Å². The Hall–Kier alpha value is -0.810. The fraction of sp³-hybridized carbons (Fsp3) is 0.455. The Labute approximate surface area is 102 Å². The summed E-state index contributed by atoms with van der Waals surface area (Å²) in [7, 11) is 0. The average Bonchev–Trinajstić information content (AvgIpc) is 2.59. The Morgan fingerprint density at radius 1 is 1.62 bits per heavy atom. The predicted molar refractivity (Wildman–Crippen MR) is 65.7 cm³/mol. The molecule has 3 nitrogen and oxygen atoms in total. The van der Waals surface area contributed by atoms with Gasteiger partial charge in [-0.1, -0.05) is 0 Å². The first-order valence-electron chi connectivity index (χ1n) is 5.10. The van der Waals surface area contributed by atoms with Crippen molar-refractivity contribution >= 4 is 35.4 Å². The second kappa shape index (κ2) is 5.01. The monoisotopic (exact) mass is 256 g/mol. The van der Waals surface area contributed by atoms with Crippen LogP contribution >= 0.6 is 23.1 Å². The van der Waals surface area contributed by atoms with Crippen LogP contribution in [0.5, 0.6) is 0 Å². The SMILES string of the molecule is CCOC(=O)c1sc(C=O)cc1C1CSC1. The lowest BCUT2D eigenvalue weighted by atomic mass is 10.0. The molecule has 1 aromatic rings. The normalized spacial score (nSPS) is 15.6. The number of carbonyl (C=O) groups is 2. The average molecular weight is 256 g/mol. The number of aldehydes is 1. The van der Waals surface area contributed by atoms with Crippen molar-refractivity contribution in [2.75, 3.05) is 18.1 Å². The van der Waals surface area contributed by atoms with Gasteiger partial charge in [-0.15, -0.1) is 11.3 Å². The van der Waals surface area contributed by atoms with Crippen molar-refractivity contribution in [1.29, 1.82) is 0 Å². The maximum absolute atomic E-state index is 11.7. The molecule has 0 aliphatic carbocycles. The Bertz CT molecular complexity index is 407. The lowest BCUT2D eigenvalue weighted by molar-refractivity contribution is 0.0530. The van der Waals surface area contributed by atoms with Crippen LogP contribution in [0.25, 0.3) is 0 Å². The topological polar surface area (TPSA) is 43.4 Å². The third-order valence-electron chi connectivity index (χ3n) is 2.43. The molecule has 0 bridgehead atoms. The predicted octanol–water partition coefficient (Wildman–Crippen LogP) is 2.57. The van der Waals surface area contributed by atoms with Gasteiger partial charge in [-0.2, -0.15) is 11.8 Å². The van der Waals surface area contributed by atoms with E-state index in [1.807, 2.05) is 17.8 Å².